The minimum Gasteiger partial charge on any atom is -0.398 e. The highest BCUT2D eigenvalue weighted by atomic mass is 35.5. The van der Waals surface area contributed by atoms with Crippen molar-refractivity contribution in [2.75, 3.05) is 18.8 Å². The van der Waals surface area contributed by atoms with E-state index in [1.54, 1.807) is 0 Å². The van der Waals surface area contributed by atoms with Crippen molar-refractivity contribution in [1.29, 1.82) is 0 Å². The molecule has 2 N–H and O–H groups in total. The first-order valence-electron chi connectivity index (χ1n) is 6.63. The molecule has 106 valence electrons. The summed E-state index contributed by atoms with van der Waals surface area (Å²) < 4.78 is 6.08. The number of halogens is 1. The first-order chi connectivity index (χ1) is 8.67. The van der Waals surface area contributed by atoms with E-state index in [4.69, 9.17) is 22.1 Å². The van der Waals surface area contributed by atoms with Crippen molar-refractivity contribution < 1.29 is 4.74 Å². The van der Waals surface area contributed by atoms with Gasteiger partial charge in [-0.3, -0.25) is 4.90 Å². The molecule has 0 amide bonds. The molecule has 1 aliphatic rings. The molecule has 1 aromatic carbocycles. The summed E-state index contributed by atoms with van der Waals surface area (Å²) in [5.74, 6) is 0. The van der Waals surface area contributed by atoms with Crippen LogP contribution in [0.3, 0.4) is 0 Å². The molecular formula is C15H23ClN2O. The molecular weight excluding hydrogens is 260 g/mol. The van der Waals surface area contributed by atoms with Crippen LogP contribution in [0.4, 0.5) is 5.69 Å². The Labute approximate surface area is 120 Å². The zero-order chi connectivity index (χ0) is 14.3. The minimum atomic E-state index is -0.144. The zero-order valence-corrected chi connectivity index (χ0v) is 12.9. The summed E-state index contributed by atoms with van der Waals surface area (Å²) >= 11 is 6.05. The van der Waals surface area contributed by atoms with E-state index in [0.29, 0.717) is 0 Å². The lowest BCUT2D eigenvalue weighted by Crippen LogP contribution is -2.56. The van der Waals surface area contributed by atoms with Gasteiger partial charge in [0.15, 0.2) is 0 Å². The van der Waals surface area contributed by atoms with Gasteiger partial charge in [0.1, 0.15) is 0 Å². The number of hydrogen-bond acceptors (Lipinski definition) is 3. The summed E-state index contributed by atoms with van der Waals surface area (Å²) in [4.78, 5) is 2.38. The predicted molar refractivity (Wildman–Crippen MR) is 80.4 cm³/mol. The smallest absolute Gasteiger partial charge is 0.0760 e. The van der Waals surface area contributed by atoms with Gasteiger partial charge in [0.25, 0.3) is 0 Å². The predicted octanol–water partition coefficient (Wildman–Crippen LogP) is 3.31. The maximum Gasteiger partial charge on any atom is 0.0760 e. The summed E-state index contributed by atoms with van der Waals surface area (Å²) in [6.45, 7) is 11.1. The quantitative estimate of drug-likeness (QED) is 0.846. The lowest BCUT2D eigenvalue weighted by Gasteiger charge is -2.47. The first kappa shape index (κ1) is 14.6. The van der Waals surface area contributed by atoms with Crippen molar-refractivity contribution >= 4 is 17.3 Å². The van der Waals surface area contributed by atoms with E-state index in [9.17, 15) is 0 Å². The molecule has 3 nitrogen and oxygen atoms in total. The summed E-state index contributed by atoms with van der Waals surface area (Å²) in [6.07, 6.45) is 0. The number of ether oxygens (including phenoxy) is 1. The lowest BCUT2D eigenvalue weighted by molar-refractivity contribution is -0.182. The Balaban J connectivity index is 2.16. The molecule has 0 aromatic heterocycles. The van der Waals surface area contributed by atoms with Crippen LogP contribution in [0.5, 0.6) is 0 Å². The molecule has 1 heterocycles. The third-order valence-electron chi connectivity index (χ3n) is 3.26. The third-order valence-corrected chi connectivity index (χ3v) is 3.50. The summed E-state index contributed by atoms with van der Waals surface area (Å²) in [6, 6.07) is 5.65. The molecule has 4 heteroatoms. The second-order valence-electron chi connectivity index (χ2n) is 6.61. The van der Waals surface area contributed by atoms with Crippen LogP contribution in [0.1, 0.15) is 33.3 Å². The van der Waals surface area contributed by atoms with Gasteiger partial charge in [0, 0.05) is 30.3 Å². The Hall–Kier alpha value is -0.770. The van der Waals surface area contributed by atoms with Crippen LogP contribution in [0.2, 0.25) is 5.02 Å². The average molecular weight is 283 g/mol. The Morgan fingerprint density at radius 1 is 1.21 bits per heavy atom. The topological polar surface area (TPSA) is 38.5 Å². The Kier molecular flexibility index (Phi) is 3.83. The molecule has 0 bridgehead atoms. The molecule has 0 radical (unpaired) electrons. The van der Waals surface area contributed by atoms with Crippen molar-refractivity contribution in [2.24, 2.45) is 0 Å². The monoisotopic (exact) mass is 282 g/mol. The van der Waals surface area contributed by atoms with E-state index in [2.05, 4.69) is 32.6 Å². The highest BCUT2D eigenvalue weighted by Gasteiger charge is 2.38. The van der Waals surface area contributed by atoms with Crippen LogP contribution < -0.4 is 5.73 Å². The lowest BCUT2D eigenvalue weighted by atomic mass is 9.98. The zero-order valence-electron chi connectivity index (χ0n) is 12.2. The Bertz CT molecular complexity index is 455. The largest absolute Gasteiger partial charge is 0.398 e. The number of rotatable bonds is 2. The van der Waals surface area contributed by atoms with E-state index < -0.39 is 0 Å². The van der Waals surface area contributed by atoms with Gasteiger partial charge in [-0.25, -0.2) is 0 Å². The number of hydrogen-bond donors (Lipinski definition) is 1. The van der Waals surface area contributed by atoms with Gasteiger partial charge in [0.2, 0.25) is 0 Å². The molecule has 1 aromatic rings. The molecule has 0 saturated carbocycles. The van der Waals surface area contributed by atoms with Gasteiger partial charge in [-0.15, -0.1) is 0 Å². The SMILES string of the molecule is CC1(C)CN(Cc2cc(Cl)ccc2N)CC(C)(C)O1. The van der Waals surface area contributed by atoms with Gasteiger partial charge < -0.3 is 10.5 Å². The van der Waals surface area contributed by atoms with E-state index in [-0.39, 0.29) is 11.2 Å². The van der Waals surface area contributed by atoms with Crippen LogP contribution in [0.25, 0.3) is 0 Å². The molecule has 1 saturated heterocycles. The van der Waals surface area contributed by atoms with Gasteiger partial charge in [-0.2, -0.15) is 0 Å². The van der Waals surface area contributed by atoms with Gasteiger partial charge in [-0.1, -0.05) is 11.6 Å². The van der Waals surface area contributed by atoms with Crippen molar-refractivity contribution in [3.8, 4) is 0 Å². The van der Waals surface area contributed by atoms with Crippen LogP contribution in [-0.2, 0) is 11.3 Å². The molecule has 0 unspecified atom stereocenters. The molecule has 1 aliphatic heterocycles. The van der Waals surface area contributed by atoms with Crippen molar-refractivity contribution in [2.45, 2.75) is 45.4 Å². The molecule has 19 heavy (non-hydrogen) atoms. The number of nitrogen functional groups attached to an aromatic ring is 1. The highest BCUT2D eigenvalue weighted by Crippen LogP contribution is 2.30. The van der Waals surface area contributed by atoms with E-state index in [1.165, 1.54) is 0 Å². The Morgan fingerprint density at radius 3 is 2.37 bits per heavy atom. The standard InChI is InChI=1S/C15H23ClN2O/c1-14(2)9-18(10-15(3,4)19-14)8-11-7-12(16)5-6-13(11)17/h5-7H,8-10,17H2,1-4H3. The number of anilines is 1. The molecule has 1 fully saturated rings. The maximum absolute atomic E-state index is 6.08. The maximum atomic E-state index is 6.08. The van der Waals surface area contributed by atoms with E-state index >= 15 is 0 Å². The summed E-state index contributed by atoms with van der Waals surface area (Å²) in [7, 11) is 0. The number of nitrogens with two attached hydrogens (primary N) is 1. The van der Waals surface area contributed by atoms with Gasteiger partial charge in [0.05, 0.1) is 11.2 Å². The number of nitrogens with zero attached hydrogens (tertiary/aromatic N) is 1. The summed E-state index contributed by atoms with van der Waals surface area (Å²) in [5, 5.41) is 0.732. The van der Waals surface area contributed by atoms with Crippen molar-refractivity contribution in [3.05, 3.63) is 28.8 Å². The third kappa shape index (κ3) is 3.85. The fraction of sp³-hybridized carbons (Fsp3) is 0.600. The van der Waals surface area contributed by atoms with Crippen LogP contribution in [-0.4, -0.2) is 29.2 Å². The molecule has 0 atom stereocenters. The van der Waals surface area contributed by atoms with E-state index in [0.717, 1.165) is 35.9 Å². The van der Waals surface area contributed by atoms with Crippen LogP contribution in [0.15, 0.2) is 18.2 Å². The minimum absolute atomic E-state index is 0.144. The normalized spacial score (nSPS) is 22.4. The average Bonchev–Trinajstić information content (AvgIpc) is 2.18. The van der Waals surface area contributed by atoms with E-state index in [1.807, 2.05) is 18.2 Å². The van der Waals surface area contributed by atoms with Crippen molar-refractivity contribution in [3.63, 3.8) is 0 Å². The molecule has 0 aliphatic carbocycles. The van der Waals surface area contributed by atoms with Crippen LogP contribution >= 0.6 is 11.6 Å². The summed E-state index contributed by atoms with van der Waals surface area (Å²) in [5.41, 5.74) is 7.62. The second kappa shape index (κ2) is 4.97. The highest BCUT2D eigenvalue weighted by molar-refractivity contribution is 6.30. The number of morpholine rings is 1. The molecule has 0 spiro atoms. The van der Waals surface area contributed by atoms with Gasteiger partial charge >= 0.3 is 0 Å². The molecule has 2 rings (SSSR count). The first-order valence-corrected chi connectivity index (χ1v) is 7.01. The number of benzene rings is 1. The van der Waals surface area contributed by atoms with Crippen molar-refractivity contribution in [1.82, 2.24) is 4.90 Å². The van der Waals surface area contributed by atoms with Crippen LogP contribution in [0, 0.1) is 0 Å². The Morgan fingerprint density at radius 2 is 1.79 bits per heavy atom. The fourth-order valence-electron chi connectivity index (χ4n) is 3.01. The fourth-order valence-corrected chi connectivity index (χ4v) is 3.20. The second-order valence-corrected chi connectivity index (χ2v) is 7.05. The van der Waals surface area contributed by atoms with Gasteiger partial charge in [-0.05, 0) is 51.5 Å².